The van der Waals surface area contributed by atoms with Crippen molar-refractivity contribution in [3.8, 4) is 5.75 Å². The van der Waals surface area contributed by atoms with Crippen molar-refractivity contribution >= 4 is 40.0 Å². The minimum atomic E-state index is -0.0982. The van der Waals surface area contributed by atoms with Gasteiger partial charge >= 0.3 is 0 Å². The molecule has 166 valence electrons. The van der Waals surface area contributed by atoms with Crippen LogP contribution in [0.3, 0.4) is 0 Å². The van der Waals surface area contributed by atoms with Crippen LogP contribution >= 0.6 is 23.1 Å². The van der Waals surface area contributed by atoms with Crippen molar-refractivity contribution in [1.82, 2.24) is 14.8 Å². The Morgan fingerprint density at radius 2 is 2.13 bits per heavy atom. The van der Waals surface area contributed by atoms with Crippen molar-refractivity contribution in [2.24, 2.45) is 0 Å². The number of carbonyl (C=O) groups is 2. The molecule has 2 amide bonds. The van der Waals surface area contributed by atoms with Crippen molar-refractivity contribution in [2.75, 3.05) is 39.1 Å². The Bertz CT molecular complexity index is 976. The van der Waals surface area contributed by atoms with Crippen molar-refractivity contribution in [3.05, 3.63) is 42.1 Å². The lowest BCUT2D eigenvalue weighted by molar-refractivity contribution is -0.127. The Labute approximate surface area is 191 Å². The average Bonchev–Trinajstić information content (AvgIpc) is 3.14. The fourth-order valence-corrected chi connectivity index (χ4v) is 5.41. The number of carbonyl (C=O) groups excluding carboxylic acids is 2. The maximum Gasteiger partial charge on any atom is 0.257 e. The van der Waals surface area contributed by atoms with Crippen molar-refractivity contribution in [2.45, 2.75) is 35.4 Å². The number of anilines is 1. The molecular formula is C22H28N4O3S2. The van der Waals surface area contributed by atoms with Gasteiger partial charge in [-0.15, -0.1) is 0 Å². The molecule has 9 heteroatoms. The van der Waals surface area contributed by atoms with Gasteiger partial charge in [-0.3, -0.25) is 9.59 Å². The molecule has 2 aromatic rings. The minimum absolute atomic E-state index is 0.0574. The van der Waals surface area contributed by atoms with Gasteiger partial charge in [-0.25, -0.2) is 4.98 Å². The zero-order chi connectivity index (χ0) is 22.5. The van der Waals surface area contributed by atoms with E-state index in [1.54, 1.807) is 40.0 Å². The number of benzene rings is 1. The van der Waals surface area contributed by atoms with E-state index in [1.807, 2.05) is 39.2 Å². The summed E-state index contributed by atoms with van der Waals surface area (Å²) in [7, 11) is 3.42. The SMILES string of the molecule is C=CC(=O)N1CCN(C(=O)c2cc(Sc3cnc(NC)s3)c(C)cc2OC)CCC1C. The summed E-state index contributed by atoms with van der Waals surface area (Å²) in [6, 6.07) is 3.87. The number of hydrogen-bond donors (Lipinski definition) is 1. The molecule has 1 unspecified atom stereocenters. The zero-order valence-electron chi connectivity index (χ0n) is 18.3. The van der Waals surface area contributed by atoms with Crippen LogP contribution in [0.2, 0.25) is 0 Å². The standard InChI is InChI=1S/C22H28N4O3S2/c1-6-19(27)26-10-9-25(8-7-15(26)3)21(28)16-12-18(14(2)11-17(16)29-5)30-20-13-24-22(23-4)31-20/h6,11-13,15H,1,7-10H2,2-5H3,(H,23,24). The third-order valence-electron chi connectivity index (χ3n) is 5.34. The van der Waals surface area contributed by atoms with E-state index in [0.717, 1.165) is 26.2 Å². The van der Waals surface area contributed by atoms with Gasteiger partial charge in [0.1, 0.15) is 5.75 Å². The largest absolute Gasteiger partial charge is 0.496 e. The van der Waals surface area contributed by atoms with Gasteiger partial charge in [-0.2, -0.15) is 0 Å². The lowest BCUT2D eigenvalue weighted by atomic mass is 10.1. The lowest BCUT2D eigenvalue weighted by Crippen LogP contribution is -2.39. The molecule has 1 aliphatic rings. The third-order valence-corrected chi connectivity index (χ3v) is 7.62. The van der Waals surface area contributed by atoms with E-state index >= 15 is 0 Å². The summed E-state index contributed by atoms with van der Waals surface area (Å²) in [4.78, 5) is 34.5. The molecule has 1 aliphatic heterocycles. The van der Waals surface area contributed by atoms with Crippen LogP contribution in [0.15, 0.2) is 40.1 Å². The highest BCUT2D eigenvalue weighted by molar-refractivity contribution is 8.01. The molecule has 0 bridgehead atoms. The molecule has 0 aliphatic carbocycles. The van der Waals surface area contributed by atoms with Crippen molar-refractivity contribution in [3.63, 3.8) is 0 Å². The van der Waals surface area contributed by atoms with E-state index in [9.17, 15) is 9.59 Å². The molecule has 2 heterocycles. The molecule has 0 radical (unpaired) electrons. The van der Waals surface area contributed by atoms with Crippen molar-refractivity contribution in [1.29, 1.82) is 0 Å². The number of methoxy groups -OCH3 is 1. The second kappa shape index (κ2) is 10.2. The monoisotopic (exact) mass is 460 g/mol. The number of nitrogens with one attached hydrogen (secondary N) is 1. The zero-order valence-corrected chi connectivity index (χ0v) is 19.9. The van der Waals surface area contributed by atoms with Crippen LogP contribution in [0.1, 0.15) is 29.3 Å². The average molecular weight is 461 g/mol. The molecule has 3 rings (SSSR count). The summed E-state index contributed by atoms with van der Waals surface area (Å²) in [5, 5.41) is 3.89. The van der Waals surface area contributed by atoms with Gasteiger partial charge < -0.3 is 19.9 Å². The van der Waals surface area contributed by atoms with Crippen LogP contribution in [0, 0.1) is 6.92 Å². The Kier molecular flexibility index (Phi) is 7.61. The number of ether oxygens (including phenoxy) is 1. The molecule has 1 aromatic carbocycles. The highest BCUT2D eigenvalue weighted by Crippen LogP contribution is 2.38. The first kappa shape index (κ1) is 23.1. The number of rotatable bonds is 6. The lowest BCUT2D eigenvalue weighted by Gasteiger charge is -2.25. The summed E-state index contributed by atoms with van der Waals surface area (Å²) in [6.45, 7) is 9.14. The molecular weight excluding hydrogens is 432 g/mol. The predicted octanol–water partition coefficient (Wildman–Crippen LogP) is 3.90. The van der Waals surface area contributed by atoms with Crippen LogP contribution in [0.5, 0.6) is 5.75 Å². The van der Waals surface area contributed by atoms with Crippen LogP contribution in [0.25, 0.3) is 0 Å². The molecule has 0 saturated carbocycles. The number of thiazole rings is 1. The Morgan fingerprint density at radius 3 is 2.77 bits per heavy atom. The molecule has 1 fully saturated rings. The van der Waals surface area contributed by atoms with Gasteiger partial charge in [0.25, 0.3) is 5.91 Å². The Morgan fingerprint density at radius 1 is 1.35 bits per heavy atom. The van der Waals surface area contributed by atoms with Gasteiger partial charge in [0.2, 0.25) is 5.91 Å². The fraction of sp³-hybridized carbons (Fsp3) is 0.409. The van der Waals surface area contributed by atoms with Crippen LogP contribution in [0.4, 0.5) is 5.13 Å². The van der Waals surface area contributed by atoms with Crippen LogP contribution < -0.4 is 10.1 Å². The first-order valence-electron chi connectivity index (χ1n) is 10.1. The van der Waals surface area contributed by atoms with Gasteiger partial charge in [0, 0.05) is 37.6 Å². The number of aromatic nitrogens is 1. The Hall–Kier alpha value is -2.52. The van der Waals surface area contributed by atoms with Crippen molar-refractivity contribution < 1.29 is 14.3 Å². The summed E-state index contributed by atoms with van der Waals surface area (Å²) in [6.07, 6.45) is 3.88. The normalized spacial score (nSPS) is 16.6. The summed E-state index contributed by atoms with van der Waals surface area (Å²) < 4.78 is 6.58. The molecule has 1 atom stereocenters. The number of amides is 2. The highest BCUT2D eigenvalue weighted by Gasteiger charge is 2.28. The second-order valence-electron chi connectivity index (χ2n) is 7.32. The van der Waals surface area contributed by atoms with E-state index in [4.69, 9.17) is 4.74 Å². The summed E-state index contributed by atoms with van der Waals surface area (Å²) in [5.74, 6) is 0.376. The van der Waals surface area contributed by atoms with Crippen LogP contribution in [-0.2, 0) is 4.79 Å². The maximum atomic E-state index is 13.4. The van der Waals surface area contributed by atoms with Gasteiger partial charge in [-0.05, 0) is 44.0 Å². The number of aryl methyl sites for hydroxylation is 1. The van der Waals surface area contributed by atoms with E-state index in [-0.39, 0.29) is 17.9 Å². The fourth-order valence-electron chi connectivity index (χ4n) is 3.52. The van der Waals surface area contributed by atoms with Gasteiger partial charge in [0.05, 0.1) is 23.1 Å². The second-order valence-corrected chi connectivity index (χ2v) is 9.69. The topological polar surface area (TPSA) is 74.8 Å². The smallest absolute Gasteiger partial charge is 0.257 e. The molecule has 1 aromatic heterocycles. The summed E-state index contributed by atoms with van der Waals surface area (Å²) >= 11 is 3.15. The molecule has 0 spiro atoms. The highest BCUT2D eigenvalue weighted by atomic mass is 32.2. The van der Waals surface area contributed by atoms with Crippen LogP contribution in [-0.4, -0.2) is 66.4 Å². The molecule has 1 saturated heterocycles. The first-order valence-corrected chi connectivity index (χ1v) is 11.7. The third kappa shape index (κ3) is 5.22. The molecule has 31 heavy (non-hydrogen) atoms. The van der Waals surface area contributed by atoms with E-state index < -0.39 is 0 Å². The quantitative estimate of drug-likeness (QED) is 0.659. The van der Waals surface area contributed by atoms with Gasteiger partial charge in [0.15, 0.2) is 5.13 Å². The van der Waals surface area contributed by atoms with E-state index in [1.165, 1.54) is 6.08 Å². The number of hydrogen-bond acceptors (Lipinski definition) is 7. The first-order chi connectivity index (χ1) is 14.9. The minimum Gasteiger partial charge on any atom is -0.496 e. The van der Waals surface area contributed by atoms with E-state index in [0.29, 0.717) is 30.9 Å². The summed E-state index contributed by atoms with van der Waals surface area (Å²) in [5.41, 5.74) is 1.56. The number of nitrogens with zero attached hydrogens (tertiary/aromatic N) is 3. The van der Waals surface area contributed by atoms with E-state index in [2.05, 4.69) is 16.9 Å². The molecule has 1 N–H and O–H groups in total. The molecule has 7 nitrogen and oxygen atoms in total. The Balaban J connectivity index is 1.85. The van der Waals surface area contributed by atoms with Gasteiger partial charge in [-0.1, -0.05) is 29.7 Å². The predicted molar refractivity (Wildman–Crippen MR) is 125 cm³/mol. The maximum absolute atomic E-state index is 13.4.